The fourth-order valence-corrected chi connectivity index (χ4v) is 4.14. The molecule has 4 heterocycles. The predicted octanol–water partition coefficient (Wildman–Crippen LogP) is 4.31. The number of rotatable bonds is 5. The zero-order valence-electron chi connectivity index (χ0n) is 16.4. The molecule has 0 saturated carbocycles. The highest BCUT2D eigenvalue weighted by Crippen LogP contribution is 2.33. The maximum Gasteiger partial charge on any atom is 0.227 e. The number of hydrogen-bond acceptors (Lipinski definition) is 6. The highest BCUT2D eigenvalue weighted by molar-refractivity contribution is 5.82. The first-order chi connectivity index (χ1) is 14.8. The van der Waals surface area contributed by atoms with Crippen molar-refractivity contribution in [3.05, 3.63) is 78.0 Å². The van der Waals surface area contributed by atoms with Crippen LogP contribution in [0.25, 0.3) is 10.9 Å². The van der Waals surface area contributed by atoms with E-state index >= 15 is 0 Å². The summed E-state index contributed by atoms with van der Waals surface area (Å²) in [7, 11) is 0. The number of nitriles is 1. The molecular weight excluding hydrogens is 374 g/mol. The number of nitrogens with zero attached hydrogens (tertiary/aromatic N) is 5. The Morgan fingerprint density at radius 2 is 2.13 bits per heavy atom. The van der Waals surface area contributed by atoms with Crippen molar-refractivity contribution in [2.75, 3.05) is 11.9 Å². The standard InChI is InChI=1S/C23H21N7/c24-13-17-6-7-18(14-27-17)28-23-26-11-9-21(29-23)22-5-2-12-30(22)15-16-3-1-4-20-19(16)8-10-25-20/h1,3-4,6-11,14,22,25H,2,5,12,15H2,(H,26,28,29)/t22-/m0/s1. The number of hydrogen-bond donors (Lipinski definition) is 2. The van der Waals surface area contributed by atoms with Gasteiger partial charge in [-0.15, -0.1) is 0 Å². The van der Waals surface area contributed by atoms with E-state index in [0.717, 1.165) is 37.3 Å². The molecule has 148 valence electrons. The van der Waals surface area contributed by atoms with Gasteiger partial charge in [-0.05, 0) is 55.3 Å². The minimum atomic E-state index is 0.266. The molecule has 1 saturated heterocycles. The van der Waals surface area contributed by atoms with Crippen molar-refractivity contribution in [3.8, 4) is 6.07 Å². The molecule has 3 aromatic heterocycles. The Labute approximate surface area is 174 Å². The summed E-state index contributed by atoms with van der Waals surface area (Å²) in [6.07, 6.45) is 7.65. The molecule has 7 nitrogen and oxygen atoms in total. The molecule has 0 radical (unpaired) electrons. The Balaban J connectivity index is 1.36. The van der Waals surface area contributed by atoms with Gasteiger partial charge in [0.1, 0.15) is 11.8 Å². The monoisotopic (exact) mass is 395 g/mol. The van der Waals surface area contributed by atoms with Gasteiger partial charge in [0, 0.05) is 29.8 Å². The number of aromatic amines is 1. The van der Waals surface area contributed by atoms with Gasteiger partial charge in [0.25, 0.3) is 0 Å². The van der Waals surface area contributed by atoms with E-state index in [-0.39, 0.29) is 6.04 Å². The van der Waals surface area contributed by atoms with Crippen molar-refractivity contribution in [2.24, 2.45) is 0 Å². The van der Waals surface area contributed by atoms with Gasteiger partial charge in [-0.3, -0.25) is 4.90 Å². The molecular formula is C23H21N7. The first kappa shape index (κ1) is 18.3. The van der Waals surface area contributed by atoms with E-state index < -0.39 is 0 Å². The van der Waals surface area contributed by atoms with E-state index in [2.05, 4.69) is 49.4 Å². The van der Waals surface area contributed by atoms with Crippen LogP contribution < -0.4 is 5.32 Å². The van der Waals surface area contributed by atoms with Gasteiger partial charge in [-0.25, -0.2) is 15.0 Å². The van der Waals surface area contributed by atoms with E-state index in [1.807, 2.05) is 18.3 Å². The minimum absolute atomic E-state index is 0.266. The molecule has 1 aliphatic heterocycles. The van der Waals surface area contributed by atoms with E-state index in [4.69, 9.17) is 10.2 Å². The van der Waals surface area contributed by atoms with E-state index in [9.17, 15) is 0 Å². The Morgan fingerprint density at radius 1 is 1.17 bits per heavy atom. The van der Waals surface area contributed by atoms with Gasteiger partial charge in [-0.1, -0.05) is 12.1 Å². The Kier molecular flexibility index (Phi) is 4.83. The lowest BCUT2D eigenvalue weighted by molar-refractivity contribution is 0.245. The second kappa shape index (κ2) is 7.93. The lowest BCUT2D eigenvalue weighted by Crippen LogP contribution is -2.23. The third-order valence-corrected chi connectivity index (χ3v) is 5.58. The van der Waals surface area contributed by atoms with Gasteiger partial charge < -0.3 is 10.3 Å². The molecule has 1 atom stereocenters. The maximum atomic E-state index is 8.89. The highest BCUT2D eigenvalue weighted by atomic mass is 15.2. The van der Waals surface area contributed by atoms with E-state index in [1.165, 1.54) is 16.5 Å². The summed E-state index contributed by atoms with van der Waals surface area (Å²) in [5, 5.41) is 13.4. The smallest absolute Gasteiger partial charge is 0.227 e. The van der Waals surface area contributed by atoms with Crippen molar-refractivity contribution in [3.63, 3.8) is 0 Å². The molecule has 0 spiro atoms. The molecule has 4 aromatic rings. The number of anilines is 2. The van der Waals surface area contributed by atoms with Gasteiger partial charge in [0.2, 0.25) is 5.95 Å². The fraction of sp³-hybridized carbons (Fsp3) is 0.217. The van der Waals surface area contributed by atoms with Crippen LogP contribution in [0.5, 0.6) is 0 Å². The van der Waals surface area contributed by atoms with Crippen LogP contribution in [-0.2, 0) is 6.54 Å². The minimum Gasteiger partial charge on any atom is -0.361 e. The Morgan fingerprint density at radius 3 is 3.00 bits per heavy atom. The average Bonchev–Trinajstić information content (AvgIpc) is 3.44. The summed E-state index contributed by atoms with van der Waals surface area (Å²) in [5.41, 5.74) is 4.67. The van der Waals surface area contributed by atoms with Crippen molar-refractivity contribution in [1.82, 2.24) is 24.8 Å². The number of fused-ring (bicyclic) bond motifs is 1. The second-order valence-corrected chi connectivity index (χ2v) is 7.46. The van der Waals surface area contributed by atoms with Crippen LogP contribution in [0.4, 0.5) is 11.6 Å². The Bertz CT molecular complexity index is 1210. The average molecular weight is 395 g/mol. The summed E-state index contributed by atoms with van der Waals surface area (Å²) in [6.45, 7) is 1.95. The number of nitrogens with one attached hydrogen (secondary N) is 2. The lowest BCUT2D eigenvalue weighted by Gasteiger charge is -2.24. The van der Waals surface area contributed by atoms with E-state index in [0.29, 0.717) is 11.6 Å². The van der Waals surface area contributed by atoms with Crippen LogP contribution in [0.1, 0.15) is 35.8 Å². The van der Waals surface area contributed by atoms with Crippen LogP contribution in [0.15, 0.2) is 61.1 Å². The molecule has 0 amide bonds. The molecule has 1 fully saturated rings. The van der Waals surface area contributed by atoms with Crippen LogP contribution >= 0.6 is 0 Å². The highest BCUT2D eigenvalue weighted by Gasteiger charge is 2.27. The summed E-state index contributed by atoms with van der Waals surface area (Å²) in [5.74, 6) is 0.540. The fourth-order valence-electron chi connectivity index (χ4n) is 4.14. The molecule has 1 aromatic carbocycles. The molecule has 0 unspecified atom stereocenters. The first-order valence-corrected chi connectivity index (χ1v) is 10.1. The van der Waals surface area contributed by atoms with Crippen molar-refractivity contribution in [2.45, 2.75) is 25.4 Å². The van der Waals surface area contributed by atoms with Gasteiger partial charge in [0.05, 0.1) is 23.6 Å². The number of pyridine rings is 1. The maximum absolute atomic E-state index is 8.89. The van der Waals surface area contributed by atoms with Crippen molar-refractivity contribution >= 4 is 22.5 Å². The van der Waals surface area contributed by atoms with Crippen molar-refractivity contribution in [1.29, 1.82) is 5.26 Å². The zero-order chi connectivity index (χ0) is 20.3. The summed E-state index contributed by atoms with van der Waals surface area (Å²) < 4.78 is 0. The van der Waals surface area contributed by atoms with Crippen molar-refractivity contribution < 1.29 is 0 Å². The SMILES string of the molecule is N#Cc1ccc(Nc2nccc([C@@H]3CCCN3Cc3cccc4[nH]ccc34)n2)cn1. The second-order valence-electron chi connectivity index (χ2n) is 7.46. The number of aromatic nitrogens is 4. The largest absolute Gasteiger partial charge is 0.361 e. The third kappa shape index (κ3) is 3.61. The van der Waals surface area contributed by atoms with Crippen LogP contribution in [0, 0.1) is 11.3 Å². The molecule has 0 bridgehead atoms. The summed E-state index contributed by atoms with van der Waals surface area (Å²) in [6, 6.07) is 16.3. The molecule has 30 heavy (non-hydrogen) atoms. The van der Waals surface area contributed by atoms with Crippen LogP contribution in [0.3, 0.4) is 0 Å². The van der Waals surface area contributed by atoms with E-state index in [1.54, 1.807) is 24.5 Å². The quantitative estimate of drug-likeness (QED) is 0.523. The van der Waals surface area contributed by atoms with Gasteiger partial charge >= 0.3 is 0 Å². The summed E-state index contributed by atoms with van der Waals surface area (Å²) >= 11 is 0. The summed E-state index contributed by atoms with van der Waals surface area (Å²) in [4.78, 5) is 19.0. The van der Waals surface area contributed by atoms with Crippen LogP contribution in [-0.4, -0.2) is 31.4 Å². The predicted molar refractivity (Wildman–Crippen MR) is 115 cm³/mol. The molecule has 2 N–H and O–H groups in total. The number of likely N-dealkylation sites (tertiary alicyclic amines) is 1. The lowest BCUT2D eigenvalue weighted by atomic mass is 10.1. The Hall–Kier alpha value is -3.76. The van der Waals surface area contributed by atoms with Gasteiger partial charge in [0.15, 0.2) is 0 Å². The molecule has 5 rings (SSSR count). The normalized spacial score (nSPS) is 16.6. The van der Waals surface area contributed by atoms with Crippen LogP contribution in [0.2, 0.25) is 0 Å². The molecule has 0 aliphatic carbocycles. The third-order valence-electron chi connectivity index (χ3n) is 5.58. The molecule has 7 heteroatoms. The number of benzene rings is 1. The molecule has 1 aliphatic rings. The topological polar surface area (TPSA) is 93.5 Å². The zero-order valence-corrected chi connectivity index (χ0v) is 16.4. The first-order valence-electron chi connectivity index (χ1n) is 10.1. The van der Waals surface area contributed by atoms with Gasteiger partial charge in [-0.2, -0.15) is 5.26 Å². The number of H-pyrrole nitrogens is 1.